The van der Waals surface area contributed by atoms with Crippen molar-refractivity contribution in [3.8, 4) is 0 Å². The largest absolute Gasteiger partial charge is 0.391 e. The Morgan fingerprint density at radius 1 is 1.67 bits per heavy atom. The van der Waals surface area contributed by atoms with Crippen molar-refractivity contribution in [2.24, 2.45) is 0 Å². The Balaban J connectivity index is 2.11. The van der Waals surface area contributed by atoms with Crippen LogP contribution in [-0.2, 0) is 21.4 Å². The van der Waals surface area contributed by atoms with Gasteiger partial charge in [0.15, 0.2) is 0 Å². The molecule has 18 heavy (non-hydrogen) atoms. The van der Waals surface area contributed by atoms with Gasteiger partial charge < -0.3 is 9.84 Å². The fourth-order valence-electron chi connectivity index (χ4n) is 2.06. The summed E-state index contributed by atoms with van der Waals surface area (Å²) in [6.45, 7) is 2.23. The zero-order valence-electron chi connectivity index (χ0n) is 10.1. The van der Waals surface area contributed by atoms with Gasteiger partial charge in [0.05, 0.1) is 17.6 Å². The maximum atomic E-state index is 12.2. The molecule has 1 aromatic heterocycles. The third kappa shape index (κ3) is 2.92. The minimum atomic E-state index is -3.58. The number of aliphatic hydroxyl groups is 1. The molecule has 2 rings (SSSR count). The van der Waals surface area contributed by atoms with Gasteiger partial charge in [0, 0.05) is 17.5 Å². The molecule has 0 saturated carbocycles. The van der Waals surface area contributed by atoms with Crippen molar-refractivity contribution in [3.05, 3.63) is 16.3 Å². The summed E-state index contributed by atoms with van der Waals surface area (Å²) in [5, 5.41) is 10.8. The van der Waals surface area contributed by atoms with Gasteiger partial charge in [-0.1, -0.05) is 0 Å². The van der Waals surface area contributed by atoms with Crippen LogP contribution in [0.3, 0.4) is 0 Å². The quantitative estimate of drug-likeness (QED) is 0.851. The number of rotatable bonds is 5. The standard InChI is InChI=1S/C11H17NO4S2/c1-8(9-3-2-5-16-9)12-18(14,15)11-4-6-17-10(11)7-13/h4,6,8-9,12-13H,2-3,5,7H2,1H3. The van der Waals surface area contributed by atoms with E-state index in [4.69, 9.17) is 9.84 Å². The highest BCUT2D eigenvalue weighted by molar-refractivity contribution is 7.89. The van der Waals surface area contributed by atoms with Crippen molar-refractivity contribution >= 4 is 21.4 Å². The highest BCUT2D eigenvalue weighted by Gasteiger charge is 2.28. The SMILES string of the molecule is CC(NS(=O)(=O)c1ccsc1CO)C1CCCO1. The van der Waals surface area contributed by atoms with Gasteiger partial charge in [0.25, 0.3) is 0 Å². The summed E-state index contributed by atoms with van der Waals surface area (Å²) in [5.74, 6) is 0. The van der Waals surface area contributed by atoms with Gasteiger partial charge in [-0.2, -0.15) is 0 Å². The van der Waals surface area contributed by atoms with E-state index in [0.29, 0.717) is 11.5 Å². The van der Waals surface area contributed by atoms with Gasteiger partial charge in [-0.05, 0) is 31.2 Å². The molecule has 1 fully saturated rings. The number of thiophene rings is 1. The van der Waals surface area contributed by atoms with Gasteiger partial charge in [-0.25, -0.2) is 13.1 Å². The van der Waals surface area contributed by atoms with E-state index in [1.165, 1.54) is 17.4 Å². The molecule has 7 heteroatoms. The first-order valence-electron chi connectivity index (χ1n) is 5.86. The molecule has 0 spiro atoms. The lowest BCUT2D eigenvalue weighted by molar-refractivity contribution is 0.0902. The lowest BCUT2D eigenvalue weighted by Crippen LogP contribution is -2.40. The maximum Gasteiger partial charge on any atom is 0.242 e. The summed E-state index contributed by atoms with van der Waals surface area (Å²) in [6, 6.07) is 1.25. The molecule has 2 unspecified atom stereocenters. The van der Waals surface area contributed by atoms with E-state index in [1.54, 1.807) is 12.3 Å². The molecule has 0 amide bonds. The fraction of sp³-hybridized carbons (Fsp3) is 0.636. The summed E-state index contributed by atoms with van der Waals surface area (Å²) in [5.41, 5.74) is 0. The van der Waals surface area contributed by atoms with E-state index < -0.39 is 10.0 Å². The van der Waals surface area contributed by atoms with Crippen molar-refractivity contribution in [1.29, 1.82) is 0 Å². The van der Waals surface area contributed by atoms with Crippen molar-refractivity contribution in [1.82, 2.24) is 4.72 Å². The average Bonchev–Trinajstić information content (AvgIpc) is 2.99. The zero-order valence-corrected chi connectivity index (χ0v) is 11.8. The highest BCUT2D eigenvalue weighted by atomic mass is 32.2. The topological polar surface area (TPSA) is 75.6 Å². The molecule has 1 aromatic rings. The third-order valence-electron chi connectivity index (χ3n) is 3.00. The molecule has 5 nitrogen and oxygen atoms in total. The van der Waals surface area contributed by atoms with E-state index in [9.17, 15) is 8.42 Å². The molecule has 2 N–H and O–H groups in total. The molecule has 2 heterocycles. The zero-order chi connectivity index (χ0) is 13.2. The minimum Gasteiger partial charge on any atom is -0.391 e. The summed E-state index contributed by atoms with van der Waals surface area (Å²) in [4.78, 5) is 0.627. The van der Waals surface area contributed by atoms with E-state index in [2.05, 4.69) is 4.72 Å². The molecule has 0 aliphatic carbocycles. The molecule has 0 radical (unpaired) electrons. The van der Waals surface area contributed by atoms with E-state index in [1.807, 2.05) is 0 Å². The lowest BCUT2D eigenvalue weighted by atomic mass is 10.1. The first kappa shape index (κ1) is 14.0. The molecular formula is C11H17NO4S2. The third-order valence-corrected chi connectivity index (χ3v) is 5.68. The summed E-state index contributed by atoms with van der Waals surface area (Å²) in [6.07, 6.45) is 1.79. The van der Waals surface area contributed by atoms with Crippen LogP contribution < -0.4 is 4.72 Å². The Morgan fingerprint density at radius 2 is 2.44 bits per heavy atom. The molecule has 0 aromatic carbocycles. The van der Waals surface area contributed by atoms with Gasteiger partial charge in [0.2, 0.25) is 10.0 Å². The molecule has 1 aliphatic rings. The number of hydrogen-bond acceptors (Lipinski definition) is 5. The Labute approximate surface area is 111 Å². The van der Waals surface area contributed by atoms with Gasteiger partial charge in [-0.3, -0.25) is 0 Å². The molecular weight excluding hydrogens is 274 g/mol. The lowest BCUT2D eigenvalue weighted by Gasteiger charge is -2.19. The van der Waals surface area contributed by atoms with E-state index >= 15 is 0 Å². The van der Waals surface area contributed by atoms with Crippen molar-refractivity contribution < 1.29 is 18.3 Å². The highest BCUT2D eigenvalue weighted by Crippen LogP contribution is 2.23. The molecule has 0 bridgehead atoms. The van der Waals surface area contributed by atoms with Crippen LogP contribution in [0.1, 0.15) is 24.6 Å². The maximum absolute atomic E-state index is 12.2. The Hall–Kier alpha value is -0.470. The Morgan fingerprint density at radius 3 is 3.06 bits per heavy atom. The molecule has 102 valence electrons. The molecule has 2 atom stereocenters. The second-order valence-electron chi connectivity index (χ2n) is 4.33. The first-order valence-corrected chi connectivity index (χ1v) is 8.22. The molecule has 1 saturated heterocycles. The summed E-state index contributed by atoms with van der Waals surface area (Å²) < 4.78 is 32.4. The van der Waals surface area contributed by atoms with Crippen molar-refractivity contribution in [3.63, 3.8) is 0 Å². The predicted molar refractivity (Wildman–Crippen MR) is 69.0 cm³/mol. The van der Waals surface area contributed by atoms with Crippen LogP contribution >= 0.6 is 11.3 Å². The predicted octanol–water partition coefficient (Wildman–Crippen LogP) is 1.09. The van der Waals surface area contributed by atoms with E-state index in [-0.39, 0.29) is 23.6 Å². The van der Waals surface area contributed by atoms with Gasteiger partial charge >= 0.3 is 0 Å². The number of nitrogens with one attached hydrogen (secondary N) is 1. The Kier molecular flexibility index (Phi) is 4.39. The van der Waals surface area contributed by atoms with Crippen molar-refractivity contribution in [2.75, 3.05) is 6.61 Å². The fourth-order valence-corrected chi connectivity index (χ4v) is 4.63. The van der Waals surface area contributed by atoms with Gasteiger partial charge in [-0.15, -0.1) is 11.3 Å². The number of sulfonamides is 1. The first-order chi connectivity index (χ1) is 8.54. The van der Waals surface area contributed by atoms with Crippen LogP contribution in [0.2, 0.25) is 0 Å². The smallest absolute Gasteiger partial charge is 0.242 e. The number of hydrogen-bond donors (Lipinski definition) is 2. The van der Waals surface area contributed by atoms with Crippen LogP contribution in [0, 0.1) is 0 Å². The number of aliphatic hydroxyl groups excluding tert-OH is 1. The van der Waals surface area contributed by atoms with E-state index in [0.717, 1.165) is 12.8 Å². The normalized spacial score (nSPS) is 22.2. The Bertz CT molecular complexity index is 491. The molecule has 1 aliphatic heterocycles. The second-order valence-corrected chi connectivity index (χ2v) is 7.01. The minimum absolute atomic E-state index is 0.0593. The summed E-state index contributed by atoms with van der Waals surface area (Å²) >= 11 is 1.24. The monoisotopic (exact) mass is 291 g/mol. The summed E-state index contributed by atoms with van der Waals surface area (Å²) in [7, 11) is -3.58. The second kappa shape index (κ2) is 5.66. The van der Waals surface area contributed by atoms with Gasteiger partial charge in [0.1, 0.15) is 0 Å². The van der Waals surface area contributed by atoms with Crippen LogP contribution in [0.25, 0.3) is 0 Å². The van der Waals surface area contributed by atoms with Crippen LogP contribution in [-0.4, -0.2) is 32.3 Å². The average molecular weight is 291 g/mol. The van der Waals surface area contributed by atoms with Crippen molar-refractivity contribution in [2.45, 2.75) is 43.4 Å². The number of ether oxygens (including phenoxy) is 1. The van der Waals surface area contributed by atoms with Crippen LogP contribution in [0.4, 0.5) is 0 Å². The van der Waals surface area contributed by atoms with Crippen LogP contribution in [0.5, 0.6) is 0 Å². The van der Waals surface area contributed by atoms with Crippen LogP contribution in [0.15, 0.2) is 16.3 Å².